The van der Waals surface area contributed by atoms with Gasteiger partial charge >= 0.3 is 0 Å². The molecular weight excluding hydrogens is 532 g/mol. The summed E-state index contributed by atoms with van der Waals surface area (Å²) in [6, 6.07) is 9.37. The molecule has 1 aliphatic rings. The number of aliphatic hydroxyl groups is 1. The highest BCUT2D eigenvalue weighted by Crippen LogP contribution is 2.27. The van der Waals surface area contributed by atoms with E-state index in [2.05, 4.69) is 20.4 Å². The number of carbonyl (C=O) groups is 1. The average molecular weight is 563 g/mol. The van der Waals surface area contributed by atoms with E-state index in [1.165, 1.54) is 19.2 Å². The highest BCUT2D eigenvalue weighted by atomic mass is 32.2. The average Bonchev–Trinajstić information content (AvgIpc) is 3.57. The fourth-order valence-electron chi connectivity index (χ4n) is 3.92. The number of oxime groups is 1. The number of pyridine rings is 1. The van der Waals surface area contributed by atoms with Crippen LogP contribution in [0.4, 0.5) is 5.13 Å². The van der Waals surface area contributed by atoms with E-state index in [0.29, 0.717) is 39.9 Å². The number of rotatable bonds is 13. The smallest absolute Gasteiger partial charge is 0.280 e. The van der Waals surface area contributed by atoms with Gasteiger partial charge in [0.05, 0.1) is 17.3 Å². The van der Waals surface area contributed by atoms with Crippen molar-refractivity contribution in [2.75, 3.05) is 38.0 Å². The van der Waals surface area contributed by atoms with Gasteiger partial charge in [0.2, 0.25) is 5.88 Å². The van der Waals surface area contributed by atoms with Crippen molar-refractivity contribution < 1.29 is 32.6 Å². The number of hydrogen-bond donors (Lipinski definition) is 2. The van der Waals surface area contributed by atoms with Crippen molar-refractivity contribution in [3.63, 3.8) is 0 Å². The predicted molar refractivity (Wildman–Crippen MR) is 143 cm³/mol. The molecular formula is C25H30N4O7S2. The van der Waals surface area contributed by atoms with Crippen LogP contribution in [0.3, 0.4) is 0 Å². The first kappa shape index (κ1) is 27.9. The Bertz CT molecular complexity index is 1370. The Balaban J connectivity index is 1.54. The third-order valence-corrected chi connectivity index (χ3v) is 8.55. The topological polar surface area (TPSA) is 149 Å². The summed E-state index contributed by atoms with van der Waals surface area (Å²) in [5.41, 5.74) is 1.00. The van der Waals surface area contributed by atoms with Crippen LogP contribution < -0.4 is 10.1 Å². The highest BCUT2D eigenvalue weighted by Gasteiger charge is 2.22. The molecule has 13 heteroatoms. The quantitative estimate of drug-likeness (QED) is 0.182. The zero-order chi connectivity index (χ0) is 27.0. The highest BCUT2D eigenvalue weighted by molar-refractivity contribution is 7.91. The normalized spacial score (nSPS) is 14.6. The predicted octanol–water partition coefficient (Wildman–Crippen LogP) is 3.17. The van der Waals surface area contributed by atoms with Crippen LogP contribution in [0.5, 0.6) is 5.88 Å². The Labute approximate surface area is 224 Å². The number of aliphatic hydroxyl groups excluding tert-OH is 1. The molecule has 0 radical (unpaired) electrons. The molecule has 1 saturated carbocycles. The first-order valence-corrected chi connectivity index (χ1v) is 14.7. The maximum Gasteiger partial charge on any atom is 0.280 e. The van der Waals surface area contributed by atoms with Gasteiger partial charge in [-0.2, -0.15) is 0 Å². The van der Waals surface area contributed by atoms with Gasteiger partial charge in [-0.05, 0) is 50.3 Å². The third kappa shape index (κ3) is 7.25. The fourth-order valence-corrected chi connectivity index (χ4v) is 6.03. The maximum absolute atomic E-state index is 13.3. The summed E-state index contributed by atoms with van der Waals surface area (Å²) in [6.07, 6.45) is 4.13. The Hall–Kier alpha value is -3.13. The van der Waals surface area contributed by atoms with Gasteiger partial charge in [-0.1, -0.05) is 28.6 Å². The summed E-state index contributed by atoms with van der Waals surface area (Å²) in [4.78, 5) is 28.4. The zero-order valence-electron chi connectivity index (χ0n) is 21.0. The van der Waals surface area contributed by atoms with Gasteiger partial charge in [-0.3, -0.25) is 10.1 Å². The van der Waals surface area contributed by atoms with Crippen molar-refractivity contribution in [3.05, 3.63) is 42.0 Å². The number of benzene rings is 1. The van der Waals surface area contributed by atoms with Crippen LogP contribution >= 0.6 is 11.3 Å². The molecule has 0 aliphatic heterocycles. The fraction of sp³-hybridized carbons (Fsp3) is 0.440. The molecule has 1 aliphatic carbocycles. The molecule has 2 N–H and O–H groups in total. The molecule has 0 bridgehead atoms. The van der Waals surface area contributed by atoms with Gasteiger partial charge in [0.1, 0.15) is 23.1 Å². The number of fused-ring (bicyclic) bond motifs is 1. The van der Waals surface area contributed by atoms with E-state index in [1.807, 2.05) is 0 Å². The molecule has 0 spiro atoms. The zero-order valence-corrected chi connectivity index (χ0v) is 22.6. The molecule has 1 aromatic carbocycles. The van der Waals surface area contributed by atoms with Gasteiger partial charge < -0.3 is 19.4 Å². The Morgan fingerprint density at radius 1 is 1.13 bits per heavy atom. The molecule has 2 aromatic heterocycles. The number of sulfone groups is 1. The van der Waals surface area contributed by atoms with Crippen LogP contribution in [0.2, 0.25) is 0 Å². The molecule has 38 heavy (non-hydrogen) atoms. The standard InChI is InChI=1S/C25H30N4O7S2/c1-34-14-4-16-38(32,33)19-9-7-17(8-10-19)22(29-36-18-5-2-3-6-18)23(31)28-25-26-20-11-12-21(35-15-13-30)27-24(20)37-25/h7-12,18,30H,2-6,13-16H2,1H3,(H,26,28,31)/b29-22+. The largest absolute Gasteiger partial charge is 0.475 e. The van der Waals surface area contributed by atoms with Crippen LogP contribution in [-0.4, -0.2) is 73.9 Å². The molecule has 0 atom stereocenters. The molecule has 11 nitrogen and oxygen atoms in total. The van der Waals surface area contributed by atoms with Gasteiger partial charge in [-0.25, -0.2) is 18.4 Å². The van der Waals surface area contributed by atoms with Crippen LogP contribution in [-0.2, 0) is 24.2 Å². The molecule has 1 amide bonds. The minimum atomic E-state index is -3.48. The van der Waals surface area contributed by atoms with Gasteiger partial charge in [0, 0.05) is 25.3 Å². The maximum atomic E-state index is 13.3. The molecule has 204 valence electrons. The Kier molecular flexibility index (Phi) is 9.61. The lowest BCUT2D eigenvalue weighted by atomic mass is 10.1. The van der Waals surface area contributed by atoms with E-state index in [9.17, 15) is 13.2 Å². The molecule has 0 unspecified atom stereocenters. The number of thiazole rings is 1. The third-order valence-electron chi connectivity index (χ3n) is 5.85. The second-order valence-corrected chi connectivity index (χ2v) is 11.7. The summed E-state index contributed by atoms with van der Waals surface area (Å²) in [5, 5.41) is 16.2. The number of methoxy groups -OCH3 is 1. The Morgan fingerprint density at radius 2 is 1.89 bits per heavy atom. The van der Waals surface area contributed by atoms with E-state index in [1.54, 1.807) is 24.3 Å². The van der Waals surface area contributed by atoms with E-state index < -0.39 is 15.7 Å². The molecule has 1 fully saturated rings. The van der Waals surface area contributed by atoms with E-state index in [-0.39, 0.29) is 35.7 Å². The number of anilines is 1. The minimum absolute atomic E-state index is 0.0133. The van der Waals surface area contributed by atoms with Gasteiger partial charge in [0.25, 0.3) is 5.91 Å². The summed E-state index contributed by atoms with van der Waals surface area (Å²) in [5.74, 6) is -0.239. The van der Waals surface area contributed by atoms with Gasteiger partial charge in [0.15, 0.2) is 20.7 Å². The molecule has 4 rings (SSSR count). The number of nitrogens with one attached hydrogen (secondary N) is 1. The number of amides is 1. The van der Waals surface area contributed by atoms with Crippen LogP contribution in [0.25, 0.3) is 10.3 Å². The van der Waals surface area contributed by atoms with Crippen molar-refractivity contribution >= 4 is 48.3 Å². The van der Waals surface area contributed by atoms with Crippen molar-refractivity contribution in [1.29, 1.82) is 0 Å². The van der Waals surface area contributed by atoms with Crippen molar-refractivity contribution in [3.8, 4) is 5.88 Å². The van der Waals surface area contributed by atoms with Crippen molar-refractivity contribution in [2.45, 2.75) is 43.1 Å². The van der Waals surface area contributed by atoms with Crippen LogP contribution in [0.1, 0.15) is 37.7 Å². The SMILES string of the molecule is COCCCS(=O)(=O)c1ccc(/C(=N\OC2CCCC2)C(=O)Nc2nc3ccc(OCCO)nc3s2)cc1. The Morgan fingerprint density at radius 3 is 2.61 bits per heavy atom. The number of nitrogens with zero attached hydrogens (tertiary/aromatic N) is 3. The first-order chi connectivity index (χ1) is 18.4. The van der Waals surface area contributed by atoms with Gasteiger partial charge in [-0.15, -0.1) is 0 Å². The number of hydrogen-bond acceptors (Lipinski definition) is 11. The summed E-state index contributed by atoms with van der Waals surface area (Å²) in [6.45, 7) is 0.343. The molecule has 3 aromatic rings. The first-order valence-electron chi connectivity index (χ1n) is 12.3. The minimum Gasteiger partial charge on any atom is -0.475 e. The number of carbonyl (C=O) groups excluding carboxylic acids is 1. The van der Waals surface area contributed by atoms with Crippen LogP contribution in [0.15, 0.2) is 46.4 Å². The molecule has 2 heterocycles. The lowest BCUT2D eigenvalue weighted by Gasteiger charge is -2.11. The van der Waals surface area contributed by atoms with Crippen molar-refractivity contribution in [1.82, 2.24) is 9.97 Å². The lowest BCUT2D eigenvalue weighted by molar-refractivity contribution is -0.110. The summed E-state index contributed by atoms with van der Waals surface area (Å²) in [7, 11) is -1.96. The summed E-state index contributed by atoms with van der Waals surface area (Å²) >= 11 is 1.16. The molecule has 0 saturated heterocycles. The van der Waals surface area contributed by atoms with Crippen LogP contribution in [0, 0.1) is 0 Å². The van der Waals surface area contributed by atoms with E-state index in [4.69, 9.17) is 19.4 Å². The van der Waals surface area contributed by atoms with E-state index >= 15 is 0 Å². The number of ether oxygens (including phenoxy) is 2. The van der Waals surface area contributed by atoms with E-state index in [0.717, 1.165) is 37.0 Å². The lowest BCUT2D eigenvalue weighted by Crippen LogP contribution is -2.25. The monoisotopic (exact) mass is 562 g/mol. The van der Waals surface area contributed by atoms with Crippen molar-refractivity contribution in [2.24, 2.45) is 5.16 Å². The second kappa shape index (κ2) is 13.1. The summed E-state index contributed by atoms with van der Waals surface area (Å²) < 4.78 is 35.5. The second-order valence-electron chi connectivity index (χ2n) is 8.66. The number of aromatic nitrogens is 2.